The van der Waals surface area contributed by atoms with Crippen LogP contribution in [0.15, 0.2) is 30.3 Å². The number of ether oxygens (including phenoxy) is 2. The molecule has 7 nitrogen and oxygen atoms in total. The highest BCUT2D eigenvalue weighted by molar-refractivity contribution is 8.76. The fourth-order valence-corrected chi connectivity index (χ4v) is 6.12. The molecule has 0 saturated heterocycles. The minimum atomic E-state index is -0.599. The highest BCUT2D eigenvalue weighted by Crippen LogP contribution is 2.27. The van der Waals surface area contributed by atoms with Crippen LogP contribution in [0.4, 0.5) is 4.79 Å². The predicted molar refractivity (Wildman–Crippen MR) is 154 cm³/mol. The molecule has 36 heavy (non-hydrogen) atoms. The fraction of sp³-hybridized carbons (Fsp3) is 0.654. The van der Waals surface area contributed by atoms with Crippen LogP contribution in [0.1, 0.15) is 53.5 Å². The smallest absolute Gasteiger partial charge is 0.407 e. The van der Waals surface area contributed by atoms with Crippen LogP contribution in [0.25, 0.3) is 0 Å². The lowest BCUT2D eigenvalue weighted by Crippen LogP contribution is -2.40. The first-order valence-electron chi connectivity index (χ1n) is 12.1. The highest BCUT2D eigenvalue weighted by Gasteiger charge is 2.23. The van der Waals surface area contributed by atoms with E-state index in [-0.39, 0.29) is 24.4 Å². The number of thioether (sulfide) groups is 1. The van der Waals surface area contributed by atoms with E-state index < -0.39 is 23.3 Å². The molecule has 204 valence electrons. The van der Waals surface area contributed by atoms with Crippen molar-refractivity contribution in [3.63, 3.8) is 0 Å². The molecule has 0 spiro atoms. The monoisotopic (exact) mass is 558 g/mol. The summed E-state index contributed by atoms with van der Waals surface area (Å²) in [7, 11) is 3.22. The van der Waals surface area contributed by atoms with Gasteiger partial charge in [0.25, 0.3) is 0 Å². The molecule has 2 N–H and O–H groups in total. The van der Waals surface area contributed by atoms with E-state index in [2.05, 4.69) is 10.6 Å². The van der Waals surface area contributed by atoms with Crippen molar-refractivity contribution in [2.75, 3.05) is 30.1 Å². The van der Waals surface area contributed by atoms with Crippen LogP contribution in [0.5, 0.6) is 0 Å². The SMILES string of the molecule is CSCCC(CSSCC(Cc1ccccc1)C(=O)NCC(=O)OC(C)(C)C)NC(=O)OC(C)(C)C. The molecule has 1 aromatic rings. The first kappa shape index (κ1) is 32.5. The Kier molecular flexibility index (Phi) is 14.8. The molecule has 0 aliphatic heterocycles. The van der Waals surface area contributed by atoms with Gasteiger partial charge in [0.05, 0.1) is 5.92 Å². The number of hydrogen-bond acceptors (Lipinski definition) is 8. The zero-order chi connectivity index (χ0) is 27.2. The largest absolute Gasteiger partial charge is 0.459 e. The maximum atomic E-state index is 12.9. The molecular weight excluding hydrogens is 516 g/mol. The van der Waals surface area contributed by atoms with Crippen molar-refractivity contribution >= 4 is 51.3 Å². The number of amides is 2. The van der Waals surface area contributed by atoms with Gasteiger partial charge < -0.3 is 20.1 Å². The molecule has 10 heteroatoms. The summed E-state index contributed by atoms with van der Waals surface area (Å²) in [5.74, 6) is 1.25. The number of rotatable bonds is 14. The van der Waals surface area contributed by atoms with E-state index in [0.29, 0.717) is 17.9 Å². The third kappa shape index (κ3) is 16.3. The van der Waals surface area contributed by atoms with Crippen LogP contribution in [0.2, 0.25) is 0 Å². The number of esters is 1. The lowest BCUT2D eigenvalue weighted by Gasteiger charge is -2.23. The average molecular weight is 559 g/mol. The third-order valence-electron chi connectivity index (χ3n) is 4.54. The number of carbonyl (C=O) groups is 3. The van der Waals surface area contributed by atoms with Crippen LogP contribution >= 0.6 is 33.3 Å². The predicted octanol–water partition coefficient (Wildman–Crippen LogP) is 5.33. The lowest BCUT2D eigenvalue weighted by atomic mass is 10.0. The second-order valence-electron chi connectivity index (χ2n) is 10.4. The molecular formula is C26H42N2O5S3. The first-order chi connectivity index (χ1) is 16.8. The van der Waals surface area contributed by atoms with Gasteiger partial charge in [-0.3, -0.25) is 9.59 Å². The van der Waals surface area contributed by atoms with Gasteiger partial charge in [-0.2, -0.15) is 11.8 Å². The van der Waals surface area contributed by atoms with Gasteiger partial charge in [-0.1, -0.05) is 51.9 Å². The Bertz CT molecular complexity index is 810. The van der Waals surface area contributed by atoms with Gasteiger partial charge in [-0.05, 0) is 72.0 Å². The molecule has 2 amide bonds. The Hall–Kier alpha value is -1.52. The van der Waals surface area contributed by atoms with E-state index in [1.807, 2.05) is 57.4 Å². The summed E-state index contributed by atoms with van der Waals surface area (Å²) in [6.07, 6.45) is 3.03. The normalized spacial score (nSPS) is 13.4. The highest BCUT2D eigenvalue weighted by atomic mass is 33.1. The lowest BCUT2D eigenvalue weighted by molar-refractivity contribution is -0.154. The van der Waals surface area contributed by atoms with Crippen LogP contribution in [-0.2, 0) is 25.5 Å². The number of alkyl carbamates (subject to hydrolysis) is 1. The number of carbonyl (C=O) groups excluding carboxylic acids is 3. The maximum absolute atomic E-state index is 12.9. The summed E-state index contributed by atoms with van der Waals surface area (Å²) in [5, 5.41) is 5.71. The van der Waals surface area contributed by atoms with Crippen LogP contribution < -0.4 is 10.6 Å². The Morgan fingerprint density at radius 1 is 0.917 bits per heavy atom. The number of hydrogen-bond donors (Lipinski definition) is 2. The van der Waals surface area contributed by atoms with Crippen LogP contribution in [0, 0.1) is 5.92 Å². The van der Waals surface area contributed by atoms with Crippen LogP contribution in [-0.4, -0.2) is 65.3 Å². The van der Waals surface area contributed by atoms with Crippen molar-refractivity contribution in [2.24, 2.45) is 5.92 Å². The summed E-state index contributed by atoms with van der Waals surface area (Å²) in [6, 6.07) is 9.80. The quantitative estimate of drug-likeness (QED) is 0.180. The zero-order valence-electron chi connectivity index (χ0n) is 22.6. The van der Waals surface area contributed by atoms with E-state index in [1.165, 1.54) is 0 Å². The van der Waals surface area contributed by atoms with Crippen molar-refractivity contribution in [2.45, 2.75) is 71.6 Å². The number of benzene rings is 1. The molecule has 0 radical (unpaired) electrons. The van der Waals surface area contributed by atoms with E-state index in [0.717, 1.165) is 17.7 Å². The molecule has 2 atom stereocenters. The third-order valence-corrected chi connectivity index (χ3v) is 7.74. The van der Waals surface area contributed by atoms with Crippen molar-refractivity contribution in [3.05, 3.63) is 35.9 Å². The van der Waals surface area contributed by atoms with E-state index in [4.69, 9.17) is 9.47 Å². The molecule has 0 heterocycles. The Morgan fingerprint density at radius 2 is 1.53 bits per heavy atom. The van der Waals surface area contributed by atoms with Crippen molar-refractivity contribution in [1.29, 1.82) is 0 Å². The van der Waals surface area contributed by atoms with Gasteiger partial charge in [0.2, 0.25) is 5.91 Å². The summed E-state index contributed by atoms with van der Waals surface area (Å²) < 4.78 is 10.7. The standard InChI is InChI=1S/C26H42N2O5S3/c1-25(2,3)32-22(29)16-27-23(30)20(15-19-11-9-8-10-12-19)17-35-36-18-21(13-14-34-7)28-24(31)33-26(4,5)6/h8-12,20-21H,13-18H2,1-7H3,(H,27,30)(H,28,31). The van der Waals surface area contributed by atoms with Crippen molar-refractivity contribution in [3.8, 4) is 0 Å². The number of nitrogens with one attached hydrogen (secondary N) is 2. The average Bonchev–Trinajstić information content (AvgIpc) is 2.75. The molecule has 1 rings (SSSR count). The molecule has 0 bridgehead atoms. The minimum absolute atomic E-state index is 0.0293. The Labute approximate surface area is 228 Å². The summed E-state index contributed by atoms with van der Waals surface area (Å²) in [4.78, 5) is 37.2. The van der Waals surface area contributed by atoms with Gasteiger partial charge in [-0.15, -0.1) is 0 Å². The molecule has 1 aromatic carbocycles. The summed E-state index contributed by atoms with van der Waals surface area (Å²) in [6.45, 7) is 10.8. The van der Waals surface area contributed by atoms with E-state index in [1.54, 1.807) is 54.1 Å². The molecule has 0 fully saturated rings. The van der Waals surface area contributed by atoms with Gasteiger partial charge in [0, 0.05) is 17.5 Å². The van der Waals surface area contributed by atoms with Crippen molar-refractivity contribution < 1.29 is 23.9 Å². The van der Waals surface area contributed by atoms with Gasteiger partial charge in [0.15, 0.2) is 0 Å². The topological polar surface area (TPSA) is 93.7 Å². The zero-order valence-corrected chi connectivity index (χ0v) is 25.0. The Balaban J connectivity index is 2.67. The summed E-state index contributed by atoms with van der Waals surface area (Å²) in [5.41, 5.74) is -0.0874. The molecule has 0 aliphatic rings. The summed E-state index contributed by atoms with van der Waals surface area (Å²) >= 11 is 1.73. The molecule has 0 aliphatic carbocycles. The van der Waals surface area contributed by atoms with E-state index in [9.17, 15) is 14.4 Å². The fourth-order valence-electron chi connectivity index (χ4n) is 3.00. The molecule has 0 aromatic heterocycles. The van der Waals surface area contributed by atoms with Gasteiger partial charge in [0.1, 0.15) is 17.7 Å². The van der Waals surface area contributed by atoms with Crippen LogP contribution in [0.3, 0.4) is 0 Å². The Morgan fingerprint density at radius 3 is 2.11 bits per heavy atom. The second kappa shape index (κ2) is 16.3. The van der Waals surface area contributed by atoms with Gasteiger partial charge >= 0.3 is 12.1 Å². The maximum Gasteiger partial charge on any atom is 0.407 e. The van der Waals surface area contributed by atoms with Gasteiger partial charge in [-0.25, -0.2) is 4.79 Å². The second-order valence-corrected chi connectivity index (χ2v) is 13.9. The van der Waals surface area contributed by atoms with Crippen molar-refractivity contribution in [1.82, 2.24) is 10.6 Å². The minimum Gasteiger partial charge on any atom is -0.459 e. The molecule has 2 unspecified atom stereocenters. The van der Waals surface area contributed by atoms with E-state index >= 15 is 0 Å². The first-order valence-corrected chi connectivity index (χ1v) is 15.9. The molecule has 0 saturated carbocycles.